The third kappa shape index (κ3) is 5.07. The second-order valence-corrected chi connectivity index (χ2v) is 9.78. The first-order valence-electron chi connectivity index (χ1n) is 10.4. The van der Waals surface area contributed by atoms with Crippen molar-refractivity contribution in [1.82, 2.24) is 29.4 Å². The highest BCUT2D eigenvalue weighted by Crippen LogP contribution is 2.20. The fraction of sp³-hybridized carbons (Fsp3) is 0.333. The zero-order valence-corrected chi connectivity index (χ0v) is 19.1. The summed E-state index contributed by atoms with van der Waals surface area (Å²) >= 11 is 0. The number of rotatable bonds is 6. The van der Waals surface area contributed by atoms with Crippen LogP contribution in [0.5, 0.6) is 0 Å². The number of carbonyl (C=O) groups excluding carboxylic acids is 1. The van der Waals surface area contributed by atoms with Gasteiger partial charge >= 0.3 is 0 Å². The lowest BCUT2D eigenvalue weighted by Gasteiger charge is -2.33. The van der Waals surface area contributed by atoms with E-state index in [1.165, 1.54) is 27.2 Å². The number of hydrogen-bond donors (Lipinski definition) is 1. The van der Waals surface area contributed by atoms with E-state index in [0.29, 0.717) is 37.7 Å². The van der Waals surface area contributed by atoms with Crippen molar-refractivity contribution in [2.24, 2.45) is 0 Å². The standard InChI is InChI=1S/C21H24FN7O3S/c1-15-3-6-18(7-4-15)33(31,32)28-11-9-27(10-12-28)14-21(30)23-17-5-8-19(22)20(13-17)29-16(2)24-25-26-29/h3-8,13H,9-12,14H2,1-2H3,(H,23,30). The molecule has 1 fully saturated rings. The van der Waals surface area contributed by atoms with E-state index in [9.17, 15) is 17.6 Å². The number of halogens is 1. The van der Waals surface area contributed by atoms with Gasteiger partial charge in [0.1, 0.15) is 11.5 Å². The molecule has 1 saturated heterocycles. The number of nitrogens with zero attached hydrogens (tertiary/aromatic N) is 6. The average Bonchev–Trinajstić information content (AvgIpc) is 3.21. The first-order chi connectivity index (χ1) is 15.7. The molecule has 1 N–H and O–H groups in total. The minimum absolute atomic E-state index is 0.0923. The van der Waals surface area contributed by atoms with Gasteiger partial charge in [-0.15, -0.1) is 5.10 Å². The molecule has 0 spiro atoms. The van der Waals surface area contributed by atoms with Crippen LogP contribution in [0.1, 0.15) is 11.4 Å². The Morgan fingerprint density at radius 1 is 1.06 bits per heavy atom. The molecule has 2 heterocycles. The van der Waals surface area contributed by atoms with E-state index in [4.69, 9.17) is 0 Å². The van der Waals surface area contributed by atoms with Crippen LogP contribution in [0.3, 0.4) is 0 Å². The van der Waals surface area contributed by atoms with Crippen molar-refractivity contribution in [2.75, 3.05) is 38.0 Å². The molecule has 33 heavy (non-hydrogen) atoms. The molecule has 12 heteroatoms. The van der Waals surface area contributed by atoms with Gasteiger partial charge < -0.3 is 5.32 Å². The molecule has 0 saturated carbocycles. The van der Waals surface area contributed by atoms with Crippen LogP contribution in [0.25, 0.3) is 5.69 Å². The number of hydrogen-bond acceptors (Lipinski definition) is 7. The van der Waals surface area contributed by atoms with Gasteiger partial charge in [-0.05, 0) is 54.6 Å². The van der Waals surface area contributed by atoms with Crippen LogP contribution in [0, 0.1) is 19.7 Å². The molecule has 0 unspecified atom stereocenters. The number of piperazine rings is 1. The summed E-state index contributed by atoms with van der Waals surface area (Å²) in [6.45, 7) is 5.08. The molecule has 0 aliphatic carbocycles. The molecular formula is C21H24FN7O3S. The summed E-state index contributed by atoms with van der Waals surface area (Å²) in [5.41, 5.74) is 1.53. The third-order valence-corrected chi connectivity index (χ3v) is 7.35. The van der Waals surface area contributed by atoms with Crippen molar-refractivity contribution in [2.45, 2.75) is 18.7 Å². The van der Waals surface area contributed by atoms with Gasteiger partial charge in [0.05, 0.1) is 11.4 Å². The number of amides is 1. The number of sulfonamides is 1. The Labute approximate surface area is 191 Å². The van der Waals surface area contributed by atoms with Crippen LogP contribution in [-0.4, -0.2) is 76.5 Å². The van der Waals surface area contributed by atoms with Crippen molar-refractivity contribution in [3.8, 4) is 5.69 Å². The van der Waals surface area contributed by atoms with Crippen LogP contribution in [-0.2, 0) is 14.8 Å². The number of nitrogens with one attached hydrogen (secondary N) is 1. The molecule has 0 bridgehead atoms. The van der Waals surface area contributed by atoms with E-state index >= 15 is 0 Å². The van der Waals surface area contributed by atoms with Gasteiger partial charge in [-0.2, -0.15) is 8.99 Å². The molecule has 1 aromatic heterocycles. The fourth-order valence-corrected chi connectivity index (χ4v) is 5.02. The molecule has 1 aliphatic heterocycles. The molecular weight excluding hydrogens is 449 g/mol. The highest BCUT2D eigenvalue weighted by molar-refractivity contribution is 7.89. The van der Waals surface area contributed by atoms with Crippen molar-refractivity contribution in [3.63, 3.8) is 0 Å². The number of aryl methyl sites for hydroxylation is 2. The Morgan fingerprint density at radius 3 is 2.39 bits per heavy atom. The van der Waals surface area contributed by atoms with Crippen LogP contribution in [0.4, 0.5) is 10.1 Å². The number of benzene rings is 2. The number of tetrazole rings is 1. The fourth-order valence-electron chi connectivity index (χ4n) is 3.60. The topological polar surface area (TPSA) is 113 Å². The van der Waals surface area contributed by atoms with E-state index in [1.807, 2.05) is 11.8 Å². The van der Waals surface area contributed by atoms with Gasteiger partial charge in [-0.1, -0.05) is 17.7 Å². The Morgan fingerprint density at radius 2 is 1.76 bits per heavy atom. The van der Waals surface area contributed by atoms with E-state index in [2.05, 4.69) is 20.8 Å². The SMILES string of the molecule is Cc1ccc(S(=O)(=O)N2CCN(CC(=O)Nc3ccc(F)c(-n4nnnc4C)c3)CC2)cc1. The Hall–Kier alpha value is -3.22. The zero-order valence-electron chi connectivity index (χ0n) is 18.3. The van der Waals surface area contributed by atoms with Gasteiger partial charge in [-0.25, -0.2) is 12.8 Å². The monoisotopic (exact) mass is 473 g/mol. The maximum atomic E-state index is 14.2. The smallest absolute Gasteiger partial charge is 0.243 e. The predicted octanol–water partition coefficient (Wildman–Crippen LogP) is 1.36. The van der Waals surface area contributed by atoms with E-state index in [-0.39, 0.29) is 23.0 Å². The number of anilines is 1. The second kappa shape index (κ2) is 9.33. The highest BCUT2D eigenvalue weighted by Gasteiger charge is 2.29. The summed E-state index contributed by atoms with van der Waals surface area (Å²) in [5.74, 6) is -0.388. The molecule has 2 aromatic carbocycles. The molecule has 0 radical (unpaired) electrons. The largest absolute Gasteiger partial charge is 0.325 e. The van der Waals surface area contributed by atoms with Gasteiger partial charge in [0.25, 0.3) is 0 Å². The van der Waals surface area contributed by atoms with Gasteiger partial charge in [0.15, 0.2) is 5.82 Å². The lowest BCUT2D eigenvalue weighted by Crippen LogP contribution is -2.50. The van der Waals surface area contributed by atoms with E-state index in [0.717, 1.165) is 5.56 Å². The Kier molecular flexibility index (Phi) is 6.49. The van der Waals surface area contributed by atoms with Gasteiger partial charge in [0, 0.05) is 31.9 Å². The summed E-state index contributed by atoms with van der Waals surface area (Å²) in [4.78, 5) is 14.7. The van der Waals surface area contributed by atoms with Crippen molar-refractivity contribution in [1.29, 1.82) is 0 Å². The lowest BCUT2D eigenvalue weighted by atomic mass is 10.2. The van der Waals surface area contributed by atoms with Crippen molar-refractivity contribution >= 4 is 21.6 Å². The summed E-state index contributed by atoms with van der Waals surface area (Å²) in [5, 5.41) is 13.8. The molecule has 1 amide bonds. The van der Waals surface area contributed by atoms with E-state index < -0.39 is 15.8 Å². The van der Waals surface area contributed by atoms with Crippen LogP contribution < -0.4 is 5.32 Å². The van der Waals surface area contributed by atoms with Crippen molar-refractivity contribution in [3.05, 3.63) is 59.7 Å². The highest BCUT2D eigenvalue weighted by atomic mass is 32.2. The van der Waals surface area contributed by atoms with Crippen LogP contribution in [0.2, 0.25) is 0 Å². The normalized spacial score (nSPS) is 15.5. The summed E-state index contributed by atoms with van der Waals surface area (Å²) in [7, 11) is -3.56. The zero-order chi connectivity index (χ0) is 23.6. The van der Waals surface area contributed by atoms with E-state index in [1.54, 1.807) is 31.2 Å². The molecule has 3 aromatic rings. The maximum Gasteiger partial charge on any atom is 0.243 e. The molecule has 0 atom stereocenters. The third-order valence-electron chi connectivity index (χ3n) is 5.44. The summed E-state index contributed by atoms with van der Waals surface area (Å²) in [6, 6.07) is 10.9. The first kappa shape index (κ1) is 23.0. The molecule has 10 nitrogen and oxygen atoms in total. The Balaban J connectivity index is 1.34. The van der Waals surface area contributed by atoms with Gasteiger partial charge in [-0.3, -0.25) is 9.69 Å². The molecule has 1 aliphatic rings. The number of carbonyl (C=O) groups is 1. The quantitative estimate of drug-likeness (QED) is 0.575. The molecule has 174 valence electrons. The first-order valence-corrected chi connectivity index (χ1v) is 11.8. The predicted molar refractivity (Wildman–Crippen MR) is 119 cm³/mol. The summed E-state index contributed by atoms with van der Waals surface area (Å²) < 4.78 is 42.6. The number of aromatic nitrogens is 4. The maximum absolute atomic E-state index is 14.2. The second-order valence-electron chi connectivity index (χ2n) is 7.85. The summed E-state index contributed by atoms with van der Waals surface area (Å²) in [6.07, 6.45) is 0. The van der Waals surface area contributed by atoms with Crippen molar-refractivity contribution < 1.29 is 17.6 Å². The average molecular weight is 474 g/mol. The minimum atomic E-state index is -3.56. The molecule has 4 rings (SSSR count). The minimum Gasteiger partial charge on any atom is -0.325 e. The Bertz CT molecular complexity index is 1250. The van der Waals surface area contributed by atoms with Crippen LogP contribution in [0.15, 0.2) is 47.4 Å². The van der Waals surface area contributed by atoms with Crippen LogP contribution >= 0.6 is 0 Å². The lowest BCUT2D eigenvalue weighted by molar-refractivity contribution is -0.117. The van der Waals surface area contributed by atoms with Gasteiger partial charge in [0.2, 0.25) is 15.9 Å².